The highest BCUT2D eigenvalue weighted by atomic mass is 19.4. The van der Waals surface area contributed by atoms with Gasteiger partial charge < -0.3 is 16.4 Å². The maximum absolute atomic E-state index is 13.7. The molecule has 0 atom stereocenters. The van der Waals surface area contributed by atoms with E-state index in [4.69, 9.17) is 5.73 Å². The van der Waals surface area contributed by atoms with E-state index >= 15 is 0 Å². The number of alkyl halides is 3. The van der Waals surface area contributed by atoms with E-state index in [1.165, 1.54) is 0 Å². The number of carbonyl (C=O) groups excluding carboxylic acids is 1. The van der Waals surface area contributed by atoms with Crippen molar-refractivity contribution in [1.29, 1.82) is 0 Å². The highest BCUT2D eigenvalue weighted by Crippen LogP contribution is 2.49. The molecule has 36 heavy (non-hydrogen) atoms. The Bertz CT molecular complexity index is 1250. The number of primary amides is 1. The number of aryl methyl sites for hydroxylation is 2. The van der Waals surface area contributed by atoms with Crippen molar-refractivity contribution in [2.24, 2.45) is 5.73 Å². The Morgan fingerprint density at radius 1 is 1.17 bits per heavy atom. The molecule has 0 spiro atoms. The first-order chi connectivity index (χ1) is 17.3. The molecule has 1 aliphatic carbocycles. The summed E-state index contributed by atoms with van der Waals surface area (Å²) in [6.07, 6.45) is 3.23. The van der Waals surface area contributed by atoms with Crippen LogP contribution in [0.1, 0.15) is 54.1 Å². The number of anilines is 2. The van der Waals surface area contributed by atoms with Crippen molar-refractivity contribution in [2.75, 3.05) is 18.4 Å². The molecule has 3 aromatic rings. The lowest BCUT2D eigenvalue weighted by Gasteiger charge is -2.22. The van der Waals surface area contributed by atoms with Crippen LogP contribution in [-0.4, -0.2) is 38.7 Å². The summed E-state index contributed by atoms with van der Waals surface area (Å²) < 4.78 is 43.1. The van der Waals surface area contributed by atoms with Crippen molar-refractivity contribution >= 4 is 17.5 Å². The van der Waals surface area contributed by atoms with Crippen LogP contribution in [0.2, 0.25) is 0 Å². The molecule has 3 heterocycles. The molecule has 1 amide bonds. The maximum Gasteiger partial charge on any atom is 0.419 e. The third kappa shape index (κ3) is 4.92. The Hall–Kier alpha value is -3.47. The second kappa shape index (κ2) is 9.53. The minimum Gasteiger partial charge on any atom is -0.369 e. The Labute approximate surface area is 206 Å². The van der Waals surface area contributed by atoms with Gasteiger partial charge in [0.15, 0.2) is 0 Å². The van der Waals surface area contributed by atoms with Gasteiger partial charge in [-0.2, -0.15) is 18.3 Å². The third-order valence-corrected chi connectivity index (χ3v) is 7.10. The molecule has 1 aliphatic heterocycles. The summed E-state index contributed by atoms with van der Waals surface area (Å²) in [4.78, 5) is 20.2. The number of carbonyl (C=O) groups is 1. The van der Waals surface area contributed by atoms with E-state index in [1.807, 2.05) is 35.1 Å². The first-order valence-corrected chi connectivity index (χ1v) is 12.1. The molecular formula is C25H28F3N7O. The van der Waals surface area contributed by atoms with Gasteiger partial charge in [0.05, 0.1) is 34.6 Å². The van der Waals surface area contributed by atoms with Crippen LogP contribution in [0.15, 0.2) is 42.9 Å². The van der Waals surface area contributed by atoms with Gasteiger partial charge in [0.25, 0.3) is 0 Å². The van der Waals surface area contributed by atoms with Crippen molar-refractivity contribution in [1.82, 2.24) is 25.1 Å². The standard InChI is InChI=1S/C25H28F3N7O/c26-25(27,28)20-14-31-23(33-17-13-32-35(15-17)18-7-11-30-12-8-18)34-21(20)6-5-16-3-1-2-4-19(16)24(9-10-24)22(29)36/h1-4,13-15,18,30H,5-12H2,(H2,29,36)(H,31,33,34). The zero-order valence-corrected chi connectivity index (χ0v) is 19.7. The normalized spacial score (nSPS) is 17.6. The molecule has 5 rings (SSSR count). The van der Waals surface area contributed by atoms with E-state index in [0.717, 1.165) is 43.3 Å². The van der Waals surface area contributed by atoms with E-state index < -0.39 is 23.1 Å². The van der Waals surface area contributed by atoms with Crippen LogP contribution in [0.5, 0.6) is 0 Å². The number of hydrogen-bond acceptors (Lipinski definition) is 6. The van der Waals surface area contributed by atoms with Crippen LogP contribution in [0.4, 0.5) is 24.8 Å². The number of aromatic nitrogens is 4. The van der Waals surface area contributed by atoms with Crippen molar-refractivity contribution in [2.45, 2.75) is 56.2 Å². The fourth-order valence-electron chi connectivity index (χ4n) is 4.94. The molecule has 1 saturated carbocycles. The smallest absolute Gasteiger partial charge is 0.369 e. The molecule has 0 unspecified atom stereocenters. The lowest BCUT2D eigenvalue weighted by Crippen LogP contribution is -2.29. The number of rotatable bonds is 8. The van der Waals surface area contributed by atoms with Gasteiger partial charge >= 0.3 is 6.18 Å². The van der Waals surface area contributed by atoms with E-state index in [9.17, 15) is 18.0 Å². The van der Waals surface area contributed by atoms with Crippen LogP contribution < -0.4 is 16.4 Å². The second-order valence-electron chi connectivity index (χ2n) is 9.47. The van der Waals surface area contributed by atoms with E-state index in [1.54, 1.807) is 6.20 Å². The molecule has 8 nitrogen and oxygen atoms in total. The number of nitrogens with one attached hydrogen (secondary N) is 2. The van der Waals surface area contributed by atoms with Crippen molar-refractivity contribution in [3.8, 4) is 0 Å². The lowest BCUT2D eigenvalue weighted by atomic mass is 9.88. The molecule has 11 heteroatoms. The highest BCUT2D eigenvalue weighted by molar-refractivity contribution is 5.90. The molecule has 4 N–H and O–H groups in total. The van der Waals surface area contributed by atoms with Crippen LogP contribution >= 0.6 is 0 Å². The zero-order chi connectivity index (χ0) is 25.3. The third-order valence-electron chi connectivity index (χ3n) is 7.10. The Morgan fingerprint density at radius 3 is 2.61 bits per heavy atom. The van der Waals surface area contributed by atoms with Crippen molar-refractivity contribution in [3.63, 3.8) is 0 Å². The number of amides is 1. The van der Waals surface area contributed by atoms with Crippen LogP contribution in [0.25, 0.3) is 0 Å². The average Bonchev–Trinajstić information content (AvgIpc) is 3.55. The van der Waals surface area contributed by atoms with E-state index in [0.29, 0.717) is 24.9 Å². The largest absolute Gasteiger partial charge is 0.419 e. The Kier molecular flexibility index (Phi) is 6.42. The predicted octanol–water partition coefficient (Wildman–Crippen LogP) is 3.66. The number of piperidine rings is 1. The quantitative estimate of drug-likeness (QED) is 0.436. The predicted molar refractivity (Wildman–Crippen MR) is 128 cm³/mol. The molecule has 1 aromatic carbocycles. The molecule has 2 aliphatic rings. The van der Waals surface area contributed by atoms with Crippen molar-refractivity contribution < 1.29 is 18.0 Å². The molecule has 1 saturated heterocycles. The number of halogens is 3. The summed E-state index contributed by atoms with van der Waals surface area (Å²) in [5.41, 5.74) is 6.16. The average molecular weight is 500 g/mol. The van der Waals surface area contributed by atoms with E-state index in [-0.39, 0.29) is 24.1 Å². The highest BCUT2D eigenvalue weighted by Gasteiger charge is 2.50. The van der Waals surface area contributed by atoms with Gasteiger partial charge in [-0.15, -0.1) is 0 Å². The minimum absolute atomic E-state index is 0.0340. The fraction of sp³-hybridized carbons (Fsp3) is 0.440. The Morgan fingerprint density at radius 2 is 1.92 bits per heavy atom. The maximum atomic E-state index is 13.7. The topological polar surface area (TPSA) is 111 Å². The first-order valence-electron chi connectivity index (χ1n) is 12.1. The van der Waals surface area contributed by atoms with Crippen LogP contribution in [0.3, 0.4) is 0 Å². The second-order valence-corrected chi connectivity index (χ2v) is 9.47. The fourth-order valence-corrected chi connectivity index (χ4v) is 4.94. The van der Waals surface area contributed by atoms with Gasteiger partial charge in [-0.3, -0.25) is 9.48 Å². The van der Waals surface area contributed by atoms with Gasteiger partial charge in [-0.1, -0.05) is 24.3 Å². The van der Waals surface area contributed by atoms with Crippen molar-refractivity contribution in [3.05, 3.63) is 65.2 Å². The first kappa shape index (κ1) is 24.2. The molecule has 0 radical (unpaired) electrons. The molecule has 0 bridgehead atoms. The molecule has 2 fully saturated rings. The summed E-state index contributed by atoms with van der Waals surface area (Å²) in [6.45, 7) is 1.84. The van der Waals surface area contributed by atoms with Gasteiger partial charge in [0.2, 0.25) is 11.9 Å². The summed E-state index contributed by atoms with van der Waals surface area (Å²) in [6, 6.07) is 7.58. The molecule has 2 aromatic heterocycles. The number of nitrogens with two attached hydrogens (primary N) is 1. The number of benzene rings is 1. The summed E-state index contributed by atoms with van der Waals surface area (Å²) in [5.74, 6) is -0.323. The Balaban J connectivity index is 1.36. The summed E-state index contributed by atoms with van der Waals surface area (Å²) >= 11 is 0. The SMILES string of the molecule is NC(=O)C1(c2ccccc2CCc2nc(Nc3cnn(C4CCNCC4)c3)ncc2C(F)(F)F)CC1. The minimum atomic E-state index is -4.59. The van der Waals surface area contributed by atoms with Gasteiger partial charge in [0, 0.05) is 12.4 Å². The lowest BCUT2D eigenvalue weighted by molar-refractivity contribution is -0.138. The van der Waals surface area contributed by atoms with Crippen LogP contribution in [-0.2, 0) is 29.2 Å². The summed E-state index contributed by atoms with van der Waals surface area (Å²) in [7, 11) is 0. The molecule has 190 valence electrons. The monoisotopic (exact) mass is 499 g/mol. The van der Waals surface area contributed by atoms with Gasteiger partial charge in [-0.25, -0.2) is 9.97 Å². The number of hydrogen-bond donors (Lipinski definition) is 3. The van der Waals surface area contributed by atoms with E-state index in [2.05, 4.69) is 25.7 Å². The number of nitrogens with zero attached hydrogens (tertiary/aromatic N) is 4. The molecular weight excluding hydrogens is 471 g/mol. The summed E-state index contributed by atoms with van der Waals surface area (Å²) in [5, 5.41) is 10.7. The van der Waals surface area contributed by atoms with Crippen LogP contribution in [0, 0.1) is 0 Å². The van der Waals surface area contributed by atoms with Gasteiger partial charge in [0.1, 0.15) is 0 Å². The van der Waals surface area contributed by atoms with Gasteiger partial charge in [-0.05, 0) is 62.7 Å². The zero-order valence-electron chi connectivity index (χ0n) is 19.7.